The normalized spacial score (nSPS) is 11.0. The Morgan fingerprint density at radius 2 is 1.58 bits per heavy atom. The number of nitrogens with zero attached hydrogens (tertiary/aromatic N) is 2. The van der Waals surface area contributed by atoms with Gasteiger partial charge in [-0.25, -0.2) is 0 Å². The third-order valence-electron chi connectivity index (χ3n) is 3.98. The number of halogens is 1. The molecule has 24 heavy (non-hydrogen) atoms. The van der Waals surface area contributed by atoms with Crippen molar-refractivity contribution in [3.05, 3.63) is 49.6 Å². The number of hydrogen-bond donors (Lipinski definition) is 0. The Morgan fingerprint density at radius 3 is 2.17 bits per heavy atom. The molecule has 0 spiro atoms. The van der Waals surface area contributed by atoms with E-state index in [0.29, 0.717) is 27.9 Å². The van der Waals surface area contributed by atoms with Crippen LogP contribution in [0.4, 0.5) is 5.69 Å². The molecule has 0 unspecified atom stereocenters. The lowest BCUT2D eigenvalue weighted by Crippen LogP contribution is -2.10. The Kier molecular flexibility index (Phi) is 3.81. The Hall–Kier alpha value is -2.80. The van der Waals surface area contributed by atoms with Crippen LogP contribution in [0.2, 0.25) is 5.02 Å². The van der Waals surface area contributed by atoms with Gasteiger partial charge in [-0.2, -0.15) is 0 Å². The highest BCUT2D eigenvalue weighted by Crippen LogP contribution is 2.34. The van der Waals surface area contributed by atoms with Gasteiger partial charge >= 0.3 is 0 Å². The van der Waals surface area contributed by atoms with Crippen molar-refractivity contribution in [1.82, 2.24) is 4.57 Å². The molecule has 0 amide bonds. The standard InChI is InChI=1S/C16H13ClN2O5/c1-18-11-6-10(17)13(19(21)22)4-8(11)16(20)9-5-14(23-2)15(24-3)7-12(9)18/h4-7H,1-3H3. The monoisotopic (exact) mass is 348 g/mol. The second kappa shape index (κ2) is 5.68. The largest absolute Gasteiger partial charge is 0.493 e. The average molecular weight is 349 g/mol. The van der Waals surface area contributed by atoms with Gasteiger partial charge in [0.05, 0.1) is 40.9 Å². The van der Waals surface area contributed by atoms with Gasteiger partial charge in [-0.05, 0) is 12.1 Å². The summed E-state index contributed by atoms with van der Waals surface area (Å²) in [6.07, 6.45) is 0. The van der Waals surface area contributed by atoms with Gasteiger partial charge in [-0.3, -0.25) is 14.9 Å². The van der Waals surface area contributed by atoms with Gasteiger partial charge in [0.25, 0.3) is 5.69 Å². The zero-order chi connectivity index (χ0) is 17.6. The Balaban J connectivity index is 2.53. The molecule has 0 saturated carbocycles. The molecule has 7 nitrogen and oxygen atoms in total. The lowest BCUT2D eigenvalue weighted by Gasteiger charge is -2.14. The first-order valence-electron chi connectivity index (χ1n) is 6.91. The number of fused-ring (bicyclic) bond motifs is 2. The van der Waals surface area contributed by atoms with E-state index >= 15 is 0 Å². The molecule has 0 fully saturated rings. The number of aryl methyl sites for hydroxylation is 1. The topological polar surface area (TPSA) is 83.6 Å². The molecule has 0 radical (unpaired) electrons. The van der Waals surface area contributed by atoms with E-state index < -0.39 is 4.92 Å². The van der Waals surface area contributed by atoms with E-state index in [1.54, 1.807) is 23.7 Å². The van der Waals surface area contributed by atoms with Crippen LogP contribution in [-0.4, -0.2) is 23.7 Å². The zero-order valence-electron chi connectivity index (χ0n) is 13.1. The van der Waals surface area contributed by atoms with Crippen LogP contribution >= 0.6 is 11.6 Å². The number of nitro benzene ring substituents is 1. The average Bonchev–Trinajstić information content (AvgIpc) is 2.57. The fourth-order valence-corrected chi connectivity index (χ4v) is 2.98. The number of ether oxygens (including phenoxy) is 2. The van der Waals surface area contributed by atoms with Crippen LogP contribution in [0.25, 0.3) is 21.8 Å². The smallest absolute Gasteiger partial charge is 0.288 e. The highest BCUT2D eigenvalue weighted by Gasteiger charge is 2.19. The molecule has 0 N–H and O–H groups in total. The van der Waals surface area contributed by atoms with E-state index in [-0.39, 0.29) is 21.5 Å². The minimum Gasteiger partial charge on any atom is -0.493 e. The van der Waals surface area contributed by atoms with Gasteiger partial charge in [0.1, 0.15) is 5.02 Å². The van der Waals surface area contributed by atoms with Crippen LogP contribution in [0.1, 0.15) is 0 Å². The second-order valence-electron chi connectivity index (χ2n) is 5.19. The van der Waals surface area contributed by atoms with Crippen LogP contribution in [0.15, 0.2) is 29.1 Å². The maximum absolute atomic E-state index is 12.8. The molecular weight excluding hydrogens is 336 g/mol. The fourth-order valence-electron chi connectivity index (χ4n) is 2.75. The van der Waals surface area contributed by atoms with Crippen molar-refractivity contribution in [3.63, 3.8) is 0 Å². The number of methoxy groups -OCH3 is 2. The molecule has 0 bridgehead atoms. The molecule has 1 heterocycles. The summed E-state index contributed by atoms with van der Waals surface area (Å²) in [6.45, 7) is 0. The lowest BCUT2D eigenvalue weighted by atomic mass is 10.1. The fraction of sp³-hybridized carbons (Fsp3) is 0.188. The summed E-state index contributed by atoms with van der Waals surface area (Å²) < 4.78 is 12.2. The summed E-state index contributed by atoms with van der Waals surface area (Å²) in [6, 6.07) is 5.88. The summed E-state index contributed by atoms with van der Waals surface area (Å²) in [5.41, 5.74) is 0.463. The van der Waals surface area contributed by atoms with E-state index in [0.717, 1.165) is 0 Å². The molecule has 1 aromatic heterocycles. The van der Waals surface area contributed by atoms with Crippen molar-refractivity contribution in [3.8, 4) is 11.5 Å². The van der Waals surface area contributed by atoms with Crippen LogP contribution in [-0.2, 0) is 7.05 Å². The minimum atomic E-state index is -0.611. The predicted octanol–water partition coefficient (Wildman–Crippen LogP) is 3.27. The molecule has 2 aromatic carbocycles. The number of benzene rings is 2. The van der Waals surface area contributed by atoms with E-state index in [1.807, 2.05) is 0 Å². The van der Waals surface area contributed by atoms with Gasteiger partial charge in [0, 0.05) is 19.2 Å². The molecule has 0 aliphatic rings. The van der Waals surface area contributed by atoms with Crippen molar-refractivity contribution in [2.75, 3.05) is 14.2 Å². The summed E-state index contributed by atoms with van der Waals surface area (Å²) in [5.74, 6) is 0.886. The SMILES string of the molecule is COc1cc2c(=O)c3cc([N+](=O)[O-])c(Cl)cc3n(C)c2cc1OC. The number of aromatic nitrogens is 1. The van der Waals surface area contributed by atoms with Crippen molar-refractivity contribution >= 4 is 39.1 Å². The molecule has 0 saturated heterocycles. The first-order chi connectivity index (χ1) is 11.4. The highest BCUT2D eigenvalue weighted by atomic mass is 35.5. The Bertz CT molecular complexity index is 1060. The van der Waals surface area contributed by atoms with E-state index in [9.17, 15) is 14.9 Å². The number of nitro groups is 1. The minimum absolute atomic E-state index is 0.0256. The Labute approximate surface area is 141 Å². The third kappa shape index (κ3) is 2.25. The number of rotatable bonds is 3. The van der Waals surface area contributed by atoms with Crippen molar-refractivity contribution in [2.45, 2.75) is 0 Å². The molecule has 0 aliphatic carbocycles. The summed E-state index contributed by atoms with van der Waals surface area (Å²) in [7, 11) is 4.72. The maximum atomic E-state index is 12.8. The van der Waals surface area contributed by atoms with E-state index in [1.165, 1.54) is 26.4 Å². The van der Waals surface area contributed by atoms with E-state index in [2.05, 4.69) is 0 Å². The van der Waals surface area contributed by atoms with Crippen molar-refractivity contribution in [2.24, 2.45) is 7.05 Å². The Morgan fingerprint density at radius 1 is 1.04 bits per heavy atom. The predicted molar refractivity (Wildman–Crippen MR) is 91.5 cm³/mol. The van der Waals surface area contributed by atoms with Crippen molar-refractivity contribution in [1.29, 1.82) is 0 Å². The van der Waals surface area contributed by atoms with Gasteiger partial charge < -0.3 is 14.0 Å². The first-order valence-corrected chi connectivity index (χ1v) is 7.29. The quantitative estimate of drug-likeness (QED) is 0.412. The van der Waals surface area contributed by atoms with Gasteiger partial charge in [-0.1, -0.05) is 11.6 Å². The van der Waals surface area contributed by atoms with Crippen molar-refractivity contribution < 1.29 is 14.4 Å². The second-order valence-corrected chi connectivity index (χ2v) is 5.60. The first kappa shape index (κ1) is 16.1. The summed E-state index contributed by atoms with van der Waals surface area (Å²) in [4.78, 5) is 23.3. The van der Waals surface area contributed by atoms with Crippen LogP contribution in [0.3, 0.4) is 0 Å². The summed E-state index contributed by atoms with van der Waals surface area (Å²) >= 11 is 5.98. The van der Waals surface area contributed by atoms with Gasteiger partial charge in [0.15, 0.2) is 16.9 Å². The molecular formula is C16H13ClN2O5. The van der Waals surface area contributed by atoms with Gasteiger partial charge in [-0.15, -0.1) is 0 Å². The molecule has 8 heteroatoms. The number of pyridine rings is 1. The van der Waals surface area contributed by atoms with Crippen LogP contribution < -0.4 is 14.9 Å². The lowest BCUT2D eigenvalue weighted by molar-refractivity contribution is -0.384. The van der Waals surface area contributed by atoms with E-state index in [4.69, 9.17) is 21.1 Å². The summed E-state index contributed by atoms with van der Waals surface area (Å²) in [5, 5.41) is 11.6. The number of hydrogen-bond acceptors (Lipinski definition) is 5. The highest BCUT2D eigenvalue weighted by molar-refractivity contribution is 6.33. The maximum Gasteiger partial charge on any atom is 0.288 e. The molecule has 3 rings (SSSR count). The van der Waals surface area contributed by atoms with Crippen LogP contribution in [0, 0.1) is 10.1 Å². The molecule has 124 valence electrons. The van der Waals surface area contributed by atoms with Gasteiger partial charge in [0.2, 0.25) is 0 Å². The van der Waals surface area contributed by atoms with Crippen LogP contribution in [0.5, 0.6) is 11.5 Å². The molecule has 0 atom stereocenters. The molecule has 3 aromatic rings. The third-order valence-corrected chi connectivity index (χ3v) is 4.28. The zero-order valence-corrected chi connectivity index (χ0v) is 13.9. The molecule has 0 aliphatic heterocycles.